The second-order valence-electron chi connectivity index (χ2n) is 3.78. The number of hydrogen-bond donors (Lipinski definition) is 0. The van der Waals surface area contributed by atoms with E-state index in [1.807, 2.05) is 0 Å². The predicted octanol–water partition coefficient (Wildman–Crippen LogP) is 1.50. The maximum absolute atomic E-state index is 12.0. The van der Waals surface area contributed by atoms with E-state index in [0.717, 1.165) is 4.90 Å². The number of carbonyl (C=O) groups excluding carboxylic acids is 3. The second-order valence-corrected chi connectivity index (χ2v) is 4.21. The molecule has 94 valence electrons. The molecule has 0 N–H and O–H groups in total. The number of hydrogen-bond acceptors (Lipinski definition) is 4. The number of carbonyl (C=O) groups is 3. The number of nitrogens with zero attached hydrogens (tertiary/aromatic N) is 1. The van der Waals surface area contributed by atoms with Crippen molar-refractivity contribution in [3.05, 3.63) is 34.3 Å². The molecule has 0 aliphatic carbocycles. The number of benzene rings is 1. The van der Waals surface area contributed by atoms with E-state index >= 15 is 0 Å². The van der Waals surface area contributed by atoms with Crippen LogP contribution in [0.4, 0.5) is 0 Å². The number of imide groups is 1. The minimum atomic E-state index is -0.468. The van der Waals surface area contributed by atoms with Gasteiger partial charge in [-0.1, -0.05) is 11.6 Å². The van der Waals surface area contributed by atoms with E-state index in [1.165, 1.54) is 19.2 Å². The van der Waals surface area contributed by atoms with Gasteiger partial charge >= 0.3 is 5.97 Å². The molecule has 0 saturated carbocycles. The molecular weight excluding hydrogens is 258 g/mol. The zero-order chi connectivity index (χ0) is 13.3. The average molecular weight is 268 g/mol. The maximum atomic E-state index is 12.0. The summed E-state index contributed by atoms with van der Waals surface area (Å²) in [5.74, 6) is -1.30. The van der Waals surface area contributed by atoms with Crippen LogP contribution in [0.25, 0.3) is 0 Å². The van der Waals surface area contributed by atoms with Gasteiger partial charge in [-0.05, 0) is 18.2 Å². The summed E-state index contributed by atoms with van der Waals surface area (Å²) in [6, 6.07) is 4.51. The van der Waals surface area contributed by atoms with E-state index in [2.05, 4.69) is 4.74 Å². The van der Waals surface area contributed by atoms with Crippen molar-refractivity contribution in [2.24, 2.45) is 0 Å². The third kappa shape index (κ3) is 2.09. The lowest BCUT2D eigenvalue weighted by molar-refractivity contribution is -0.140. The van der Waals surface area contributed by atoms with Crippen molar-refractivity contribution in [2.75, 3.05) is 13.7 Å². The van der Waals surface area contributed by atoms with Gasteiger partial charge < -0.3 is 4.74 Å². The predicted molar refractivity (Wildman–Crippen MR) is 63.5 cm³/mol. The largest absolute Gasteiger partial charge is 0.469 e. The third-order valence-corrected chi connectivity index (χ3v) is 2.94. The fourth-order valence-electron chi connectivity index (χ4n) is 1.77. The van der Waals surface area contributed by atoms with Crippen LogP contribution >= 0.6 is 11.6 Å². The Bertz CT molecular complexity index is 541. The smallest absolute Gasteiger partial charge is 0.307 e. The Morgan fingerprint density at radius 3 is 2.61 bits per heavy atom. The maximum Gasteiger partial charge on any atom is 0.307 e. The van der Waals surface area contributed by atoms with E-state index in [1.54, 1.807) is 6.07 Å². The molecule has 0 spiro atoms. The number of ether oxygens (including phenoxy) is 1. The SMILES string of the molecule is COC(=O)CCN1C(=O)c2ccc(Cl)cc2C1=O. The number of halogens is 1. The van der Waals surface area contributed by atoms with Gasteiger partial charge in [-0.2, -0.15) is 0 Å². The summed E-state index contributed by atoms with van der Waals surface area (Å²) in [6.45, 7) is 0.0106. The number of fused-ring (bicyclic) bond motifs is 1. The molecule has 0 saturated heterocycles. The quantitative estimate of drug-likeness (QED) is 0.615. The summed E-state index contributed by atoms with van der Waals surface area (Å²) in [5, 5.41) is 0.393. The van der Waals surface area contributed by atoms with Gasteiger partial charge in [0, 0.05) is 11.6 Å². The lowest BCUT2D eigenvalue weighted by Gasteiger charge is -2.12. The Hall–Kier alpha value is -1.88. The Balaban J connectivity index is 2.21. The van der Waals surface area contributed by atoms with E-state index in [9.17, 15) is 14.4 Å². The van der Waals surface area contributed by atoms with E-state index in [0.29, 0.717) is 10.6 Å². The van der Waals surface area contributed by atoms with Gasteiger partial charge in [0.25, 0.3) is 11.8 Å². The normalized spacial score (nSPS) is 13.8. The average Bonchev–Trinajstić information content (AvgIpc) is 2.59. The van der Waals surface area contributed by atoms with Gasteiger partial charge in [-0.3, -0.25) is 19.3 Å². The van der Waals surface area contributed by atoms with Crippen molar-refractivity contribution in [3.8, 4) is 0 Å². The minimum absolute atomic E-state index is 0.0106. The van der Waals surface area contributed by atoms with Crippen molar-refractivity contribution in [1.82, 2.24) is 4.90 Å². The van der Waals surface area contributed by atoms with Crippen LogP contribution in [-0.4, -0.2) is 36.3 Å². The summed E-state index contributed by atoms with van der Waals surface area (Å²) in [6.07, 6.45) is -0.0182. The monoisotopic (exact) mass is 267 g/mol. The number of methoxy groups -OCH3 is 1. The zero-order valence-electron chi connectivity index (χ0n) is 9.60. The molecule has 1 heterocycles. The van der Waals surface area contributed by atoms with Crippen LogP contribution in [0.2, 0.25) is 5.02 Å². The molecule has 0 bridgehead atoms. The summed E-state index contributed by atoms with van der Waals surface area (Å²) in [7, 11) is 1.25. The van der Waals surface area contributed by atoms with E-state index in [-0.39, 0.29) is 18.5 Å². The van der Waals surface area contributed by atoms with Crippen LogP contribution < -0.4 is 0 Å². The Labute approximate surface area is 108 Å². The highest BCUT2D eigenvalue weighted by Gasteiger charge is 2.35. The Morgan fingerprint density at radius 2 is 1.94 bits per heavy atom. The molecule has 1 aliphatic heterocycles. The molecule has 0 fully saturated rings. The first-order valence-corrected chi connectivity index (χ1v) is 5.65. The van der Waals surface area contributed by atoms with Gasteiger partial charge in [-0.25, -0.2) is 0 Å². The lowest BCUT2D eigenvalue weighted by Crippen LogP contribution is -2.32. The van der Waals surface area contributed by atoms with Gasteiger partial charge in [0.1, 0.15) is 0 Å². The van der Waals surface area contributed by atoms with Gasteiger partial charge in [-0.15, -0.1) is 0 Å². The molecule has 0 unspecified atom stereocenters. The fraction of sp³-hybridized carbons (Fsp3) is 0.250. The van der Waals surface area contributed by atoms with Gasteiger partial charge in [0.15, 0.2) is 0 Å². The first-order chi connectivity index (χ1) is 8.54. The van der Waals surface area contributed by atoms with Crippen molar-refractivity contribution in [2.45, 2.75) is 6.42 Å². The topological polar surface area (TPSA) is 63.7 Å². The minimum Gasteiger partial charge on any atom is -0.469 e. The number of esters is 1. The summed E-state index contributed by atoms with van der Waals surface area (Å²) in [4.78, 5) is 35.9. The molecule has 18 heavy (non-hydrogen) atoms. The molecule has 5 nitrogen and oxygen atoms in total. The van der Waals surface area contributed by atoms with Crippen LogP contribution in [0.15, 0.2) is 18.2 Å². The van der Waals surface area contributed by atoms with E-state index < -0.39 is 17.8 Å². The molecule has 6 heteroatoms. The highest BCUT2D eigenvalue weighted by atomic mass is 35.5. The number of rotatable bonds is 3. The molecule has 0 atom stereocenters. The van der Waals surface area contributed by atoms with Crippen LogP contribution in [-0.2, 0) is 9.53 Å². The molecular formula is C12H10ClNO4. The second kappa shape index (κ2) is 4.78. The molecule has 1 aromatic rings. The molecule has 2 rings (SSSR count). The van der Waals surface area contributed by atoms with Crippen LogP contribution in [0.5, 0.6) is 0 Å². The lowest BCUT2D eigenvalue weighted by atomic mass is 10.1. The van der Waals surface area contributed by atoms with Crippen molar-refractivity contribution in [3.63, 3.8) is 0 Å². The summed E-state index contributed by atoms with van der Waals surface area (Å²) in [5.41, 5.74) is 0.589. The first-order valence-electron chi connectivity index (χ1n) is 5.27. The number of amides is 2. The van der Waals surface area contributed by atoms with Gasteiger partial charge in [0.05, 0.1) is 24.7 Å². The molecule has 1 aliphatic rings. The van der Waals surface area contributed by atoms with Crippen LogP contribution in [0.3, 0.4) is 0 Å². The van der Waals surface area contributed by atoms with Crippen LogP contribution in [0.1, 0.15) is 27.1 Å². The third-order valence-electron chi connectivity index (χ3n) is 2.70. The Kier molecular flexibility index (Phi) is 3.34. The zero-order valence-corrected chi connectivity index (χ0v) is 10.4. The van der Waals surface area contributed by atoms with Gasteiger partial charge in [0.2, 0.25) is 0 Å². The standard InChI is InChI=1S/C12H10ClNO4/c1-18-10(15)4-5-14-11(16)8-3-2-7(13)6-9(8)12(14)17/h2-3,6H,4-5H2,1H3. The molecule has 1 aromatic carbocycles. The highest BCUT2D eigenvalue weighted by Crippen LogP contribution is 2.25. The Morgan fingerprint density at radius 1 is 1.28 bits per heavy atom. The van der Waals surface area contributed by atoms with Crippen LogP contribution in [0, 0.1) is 0 Å². The fourth-order valence-corrected chi connectivity index (χ4v) is 1.94. The highest BCUT2D eigenvalue weighted by molar-refractivity contribution is 6.32. The first kappa shape index (κ1) is 12.6. The summed E-state index contributed by atoms with van der Waals surface area (Å²) >= 11 is 5.78. The molecule has 0 radical (unpaired) electrons. The molecule has 0 aromatic heterocycles. The van der Waals surface area contributed by atoms with E-state index in [4.69, 9.17) is 11.6 Å². The van der Waals surface area contributed by atoms with Crippen molar-refractivity contribution < 1.29 is 19.1 Å². The van der Waals surface area contributed by atoms with Crippen molar-refractivity contribution >= 4 is 29.4 Å². The molecule has 2 amide bonds. The van der Waals surface area contributed by atoms with Crippen molar-refractivity contribution in [1.29, 1.82) is 0 Å². The summed E-state index contributed by atoms with van der Waals surface area (Å²) < 4.78 is 4.47.